The van der Waals surface area contributed by atoms with Crippen LogP contribution in [0.25, 0.3) is 0 Å². The second-order valence-electron chi connectivity index (χ2n) is 3.99. The molecule has 0 fully saturated rings. The first-order valence-corrected chi connectivity index (χ1v) is 7.11. The molecule has 0 aliphatic heterocycles. The van der Waals surface area contributed by atoms with Crippen LogP contribution in [0, 0.1) is 13.8 Å². The Balaban J connectivity index is 2.15. The van der Waals surface area contributed by atoms with Crippen LogP contribution in [0.1, 0.15) is 27.1 Å². The quantitative estimate of drug-likeness (QED) is 0.908. The summed E-state index contributed by atoms with van der Waals surface area (Å²) in [6.45, 7) is 4.86. The highest BCUT2D eigenvalue weighted by Crippen LogP contribution is 2.27. The van der Waals surface area contributed by atoms with Gasteiger partial charge in [-0.2, -0.15) is 0 Å². The van der Waals surface area contributed by atoms with Crippen LogP contribution in [0.4, 0.5) is 0 Å². The number of thiazole rings is 1. The van der Waals surface area contributed by atoms with Crippen molar-refractivity contribution in [3.8, 4) is 0 Å². The van der Waals surface area contributed by atoms with Crippen molar-refractivity contribution in [2.75, 3.05) is 6.54 Å². The standard InChI is InChI=1S/C12H16N2S2/c1-8-3-4-15-11(8)5-10(6-13)12-14-9(2)7-16-12/h3-4,7,10H,5-6,13H2,1-2H3. The minimum atomic E-state index is 0.371. The molecule has 2 heterocycles. The zero-order valence-electron chi connectivity index (χ0n) is 9.56. The molecule has 2 rings (SSSR count). The van der Waals surface area contributed by atoms with Gasteiger partial charge in [0.2, 0.25) is 0 Å². The lowest BCUT2D eigenvalue weighted by Crippen LogP contribution is -2.14. The van der Waals surface area contributed by atoms with Crippen LogP contribution >= 0.6 is 22.7 Å². The number of thiophene rings is 1. The summed E-state index contributed by atoms with van der Waals surface area (Å²) < 4.78 is 0. The highest BCUT2D eigenvalue weighted by Gasteiger charge is 2.15. The van der Waals surface area contributed by atoms with Gasteiger partial charge in [0.05, 0.1) is 5.01 Å². The minimum absolute atomic E-state index is 0.371. The number of aromatic nitrogens is 1. The Kier molecular flexibility index (Phi) is 3.74. The maximum Gasteiger partial charge on any atom is 0.0975 e. The summed E-state index contributed by atoms with van der Waals surface area (Å²) in [7, 11) is 0. The average molecular weight is 252 g/mol. The molecule has 16 heavy (non-hydrogen) atoms. The zero-order chi connectivity index (χ0) is 11.5. The predicted octanol–water partition coefficient (Wildman–Crippen LogP) is 3.11. The van der Waals surface area contributed by atoms with E-state index in [-0.39, 0.29) is 0 Å². The van der Waals surface area contributed by atoms with Crippen molar-refractivity contribution in [3.05, 3.63) is 38.0 Å². The van der Waals surface area contributed by atoms with Crippen LogP contribution in [0.5, 0.6) is 0 Å². The van der Waals surface area contributed by atoms with E-state index in [2.05, 4.69) is 28.7 Å². The third kappa shape index (κ3) is 2.51. The number of nitrogens with two attached hydrogens (primary N) is 1. The molecule has 0 bridgehead atoms. The van der Waals surface area contributed by atoms with Crippen molar-refractivity contribution in [1.29, 1.82) is 0 Å². The molecular weight excluding hydrogens is 236 g/mol. The van der Waals surface area contributed by atoms with Gasteiger partial charge in [0.1, 0.15) is 0 Å². The molecule has 2 N–H and O–H groups in total. The van der Waals surface area contributed by atoms with Crippen LogP contribution in [-0.2, 0) is 6.42 Å². The second kappa shape index (κ2) is 5.08. The molecule has 0 amide bonds. The van der Waals surface area contributed by atoms with Crippen molar-refractivity contribution in [2.45, 2.75) is 26.2 Å². The summed E-state index contributed by atoms with van der Waals surface area (Å²) in [6.07, 6.45) is 1.02. The van der Waals surface area contributed by atoms with Gasteiger partial charge in [-0.15, -0.1) is 22.7 Å². The summed E-state index contributed by atoms with van der Waals surface area (Å²) in [4.78, 5) is 5.97. The van der Waals surface area contributed by atoms with Gasteiger partial charge in [0.25, 0.3) is 0 Å². The van der Waals surface area contributed by atoms with E-state index in [0.29, 0.717) is 12.5 Å². The normalized spacial score (nSPS) is 12.9. The molecule has 0 aliphatic rings. The van der Waals surface area contributed by atoms with Crippen LogP contribution in [0.3, 0.4) is 0 Å². The molecule has 4 heteroatoms. The van der Waals surface area contributed by atoms with Gasteiger partial charge >= 0.3 is 0 Å². The van der Waals surface area contributed by atoms with Gasteiger partial charge in [-0.1, -0.05) is 0 Å². The molecule has 86 valence electrons. The third-order valence-electron chi connectivity index (χ3n) is 2.67. The fourth-order valence-electron chi connectivity index (χ4n) is 1.67. The van der Waals surface area contributed by atoms with Crippen molar-refractivity contribution < 1.29 is 0 Å². The lowest BCUT2D eigenvalue weighted by molar-refractivity contribution is 0.691. The Bertz CT molecular complexity index is 459. The smallest absolute Gasteiger partial charge is 0.0975 e. The largest absolute Gasteiger partial charge is 0.330 e. The van der Waals surface area contributed by atoms with E-state index < -0.39 is 0 Å². The average Bonchev–Trinajstić information content (AvgIpc) is 2.85. The Morgan fingerprint density at radius 1 is 1.38 bits per heavy atom. The minimum Gasteiger partial charge on any atom is -0.330 e. The van der Waals surface area contributed by atoms with Gasteiger partial charge in [0.15, 0.2) is 0 Å². The van der Waals surface area contributed by atoms with Crippen LogP contribution in [-0.4, -0.2) is 11.5 Å². The molecule has 1 unspecified atom stereocenters. The van der Waals surface area contributed by atoms with Crippen molar-refractivity contribution in [3.63, 3.8) is 0 Å². The van der Waals surface area contributed by atoms with E-state index in [1.807, 2.05) is 18.3 Å². The lowest BCUT2D eigenvalue weighted by atomic mass is 10.0. The fraction of sp³-hybridized carbons (Fsp3) is 0.417. The molecule has 0 saturated heterocycles. The molecular formula is C12H16N2S2. The monoisotopic (exact) mass is 252 g/mol. The van der Waals surface area contributed by atoms with Gasteiger partial charge in [-0.05, 0) is 37.3 Å². The van der Waals surface area contributed by atoms with E-state index in [9.17, 15) is 0 Å². The predicted molar refractivity (Wildman–Crippen MR) is 71.4 cm³/mol. The van der Waals surface area contributed by atoms with Gasteiger partial charge in [-0.3, -0.25) is 0 Å². The van der Waals surface area contributed by atoms with Crippen LogP contribution < -0.4 is 5.73 Å². The molecule has 0 radical (unpaired) electrons. The second-order valence-corrected chi connectivity index (χ2v) is 5.88. The highest BCUT2D eigenvalue weighted by atomic mass is 32.1. The first-order valence-electron chi connectivity index (χ1n) is 5.35. The number of aryl methyl sites for hydroxylation is 2. The molecule has 2 nitrogen and oxygen atoms in total. The number of hydrogen-bond acceptors (Lipinski definition) is 4. The van der Waals surface area contributed by atoms with E-state index in [4.69, 9.17) is 5.73 Å². The lowest BCUT2D eigenvalue weighted by Gasteiger charge is -2.11. The van der Waals surface area contributed by atoms with Crippen molar-refractivity contribution in [2.24, 2.45) is 5.73 Å². The van der Waals surface area contributed by atoms with Gasteiger partial charge in [0, 0.05) is 28.4 Å². The SMILES string of the molecule is Cc1csc(C(CN)Cc2sccc2C)n1. The van der Waals surface area contributed by atoms with Crippen LogP contribution in [0.2, 0.25) is 0 Å². The van der Waals surface area contributed by atoms with Crippen molar-refractivity contribution in [1.82, 2.24) is 4.98 Å². The van der Waals surface area contributed by atoms with E-state index in [1.54, 1.807) is 11.3 Å². The Labute approximate surface area is 104 Å². The molecule has 0 aromatic carbocycles. The molecule has 2 aromatic heterocycles. The van der Waals surface area contributed by atoms with Crippen molar-refractivity contribution >= 4 is 22.7 Å². The van der Waals surface area contributed by atoms with Gasteiger partial charge in [-0.25, -0.2) is 4.98 Å². The Morgan fingerprint density at radius 3 is 2.69 bits per heavy atom. The Hall–Kier alpha value is -0.710. The molecule has 0 spiro atoms. The molecule has 2 aromatic rings. The fourth-order valence-corrected chi connectivity index (χ4v) is 3.57. The first kappa shape index (κ1) is 11.8. The maximum atomic E-state index is 5.85. The summed E-state index contributed by atoms with van der Waals surface area (Å²) in [5.74, 6) is 0.371. The van der Waals surface area contributed by atoms with Gasteiger partial charge < -0.3 is 5.73 Å². The Morgan fingerprint density at radius 2 is 2.19 bits per heavy atom. The molecule has 0 saturated carbocycles. The molecule has 1 atom stereocenters. The first-order chi connectivity index (χ1) is 7.70. The number of hydrogen-bond donors (Lipinski definition) is 1. The number of nitrogens with zero attached hydrogens (tertiary/aromatic N) is 1. The third-order valence-corrected chi connectivity index (χ3v) is 4.84. The summed E-state index contributed by atoms with van der Waals surface area (Å²) in [5.41, 5.74) is 8.32. The van der Waals surface area contributed by atoms with E-state index in [0.717, 1.165) is 12.1 Å². The summed E-state index contributed by atoms with van der Waals surface area (Å²) in [6, 6.07) is 2.17. The number of rotatable bonds is 4. The summed E-state index contributed by atoms with van der Waals surface area (Å²) >= 11 is 3.54. The summed E-state index contributed by atoms with van der Waals surface area (Å²) in [5, 5.41) is 5.41. The van der Waals surface area contributed by atoms with E-state index in [1.165, 1.54) is 15.4 Å². The topological polar surface area (TPSA) is 38.9 Å². The zero-order valence-corrected chi connectivity index (χ0v) is 11.2. The van der Waals surface area contributed by atoms with Crippen LogP contribution in [0.15, 0.2) is 16.8 Å². The van der Waals surface area contributed by atoms with E-state index >= 15 is 0 Å². The maximum absolute atomic E-state index is 5.85. The molecule has 0 aliphatic carbocycles. The highest BCUT2D eigenvalue weighted by molar-refractivity contribution is 7.10.